The molecule has 1 N–H and O–H groups in total. The van der Waals surface area contributed by atoms with Crippen molar-refractivity contribution in [2.75, 3.05) is 5.32 Å². The quantitative estimate of drug-likeness (QED) is 0.787. The van der Waals surface area contributed by atoms with Crippen LogP contribution in [-0.2, 0) is 0 Å². The van der Waals surface area contributed by atoms with E-state index in [9.17, 15) is 8.78 Å². The molecule has 0 aliphatic heterocycles. The van der Waals surface area contributed by atoms with Crippen molar-refractivity contribution in [3.63, 3.8) is 0 Å². The van der Waals surface area contributed by atoms with Gasteiger partial charge in [-0.15, -0.1) is 11.3 Å². The largest absolute Gasteiger partial charge is 1.00 e. The van der Waals surface area contributed by atoms with E-state index in [0.29, 0.717) is 16.6 Å². The van der Waals surface area contributed by atoms with Crippen LogP contribution in [0.5, 0.6) is 0 Å². The monoisotopic (exact) mass is 324 g/mol. The molecule has 7 heteroatoms. The number of hydrogen-bond donors (Lipinski definition) is 1. The van der Waals surface area contributed by atoms with Gasteiger partial charge in [0.2, 0.25) is 0 Å². The van der Waals surface area contributed by atoms with Crippen molar-refractivity contribution in [2.45, 2.75) is 0 Å². The van der Waals surface area contributed by atoms with Crippen LogP contribution in [-0.4, -0.2) is 9.97 Å². The summed E-state index contributed by atoms with van der Waals surface area (Å²) in [5.74, 6) is -0.569. The third-order valence-electron chi connectivity index (χ3n) is 2.61. The summed E-state index contributed by atoms with van der Waals surface area (Å²) in [6.45, 7) is 0. The SMILES string of the molecule is Fc1ccc(-c2csc(Nc3ccccn3)n2)c(F)c1.[Cl-]. The van der Waals surface area contributed by atoms with Gasteiger partial charge in [-0.2, -0.15) is 0 Å². The Morgan fingerprint density at radius 1 is 1.10 bits per heavy atom. The van der Waals surface area contributed by atoms with Crippen molar-refractivity contribution in [1.82, 2.24) is 9.97 Å². The summed E-state index contributed by atoms with van der Waals surface area (Å²) in [5, 5.41) is 5.33. The lowest BCUT2D eigenvalue weighted by molar-refractivity contribution is -0.00000527. The smallest absolute Gasteiger partial charge is 0.188 e. The number of rotatable bonds is 3. The Bertz CT molecular complexity index is 734. The zero-order chi connectivity index (χ0) is 13.9. The number of thiazole rings is 1. The second kappa shape index (κ2) is 6.60. The molecule has 3 rings (SSSR count). The highest BCUT2D eigenvalue weighted by Gasteiger charge is 2.10. The summed E-state index contributed by atoms with van der Waals surface area (Å²) < 4.78 is 26.5. The van der Waals surface area contributed by atoms with Crippen LogP contribution in [0, 0.1) is 11.6 Å². The molecule has 3 aromatic rings. The summed E-state index contributed by atoms with van der Waals surface area (Å²) in [4.78, 5) is 8.39. The van der Waals surface area contributed by atoms with Crippen LogP contribution in [0.4, 0.5) is 19.7 Å². The van der Waals surface area contributed by atoms with Crippen molar-refractivity contribution >= 4 is 22.3 Å². The molecule has 0 radical (unpaired) electrons. The first kappa shape index (κ1) is 15.3. The van der Waals surface area contributed by atoms with Crippen molar-refractivity contribution < 1.29 is 21.2 Å². The van der Waals surface area contributed by atoms with Gasteiger partial charge in [-0.1, -0.05) is 6.07 Å². The average molecular weight is 325 g/mol. The molecule has 2 heterocycles. The maximum absolute atomic E-state index is 13.7. The van der Waals surface area contributed by atoms with Crippen molar-refractivity contribution in [2.24, 2.45) is 0 Å². The lowest BCUT2D eigenvalue weighted by Gasteiger charge is -2.00. The molecular formula is C14H9ClF2N3S-. The number of nitrogens with zero attached hydrogens (tertiary/aromatic N) is 2. The molecule has 0 amide bonds. The highest BCUT2D eigenvalue weighted by Crippen LogP contribution is 2.28. The fourth-order valence-corrected chi connectivity index (χ4v) is 2.42. The molecule has 0 aliphatic carbocycles. The Morgan fingerprint density at radius 3 is 2.67 bits per heavy atom. The molecular weight excluding hydrogens is 316 g/mol. The molecule has 0 saturated heterocycles. The zero-order valence-corrected chi connectivity index (χ0v) is 12.1. The Hall–Kier alpha value is -2.05. The second-order valence-corrected chi connectivity index (χ2v) is 4.86. The van der Waals surface area contributed by atoms with Crippen LogP contribution < -0.4 is 17.7 Å². The molecule has 21 heavy (non-hydrogen) atoms. The van der Waals surface area contributed by atoms with E-state index in [0.717, 1.165) is 6.07 Å². The van der Waals surface area contributed by atoms with E-state index >= 15 is 0 Å². The molecule has 0 aliphatic rings. The van der Waals surface area contributed by atoms with Gasteiger partial charge < -0.3 is 17.7 Å². The Kier molecular flexibility index (Phi) is 4.82. The van der Waals surface area contributed by atoms with Gasteiger partial charge >= 0.3 is 0 Å². The summed E-state index contributed by atoms with van der Waals surface area (Å²) in [6.07, 6.45) is 1.66. The first-order chi connectivity index (χ1) is 9.72. The van der Waals surface area contributed by atoms with Gasteiger partial charge in [0.1, 0.15) is 17.5 Å². The van der Waals surface area contributed by atoms with E-state index in [1.54, 1.807) is 17.6 Å². The lowest BCUT2D eigenvalue weighted by atomic mass is 10.1. The van der Waals surface area contributed by atoms with Crippen molar-refractivity contribution in [3.05, 3.63) is 59.6 Å². The number of hydrogen-bond acceptors (Lipinski definition) is 4. The maximum Gasteiger partial charge on any atom is 0.188 e. The van der Waals surface area contributed by atoms with Gasteiger partial charge in [-0.3, -0.25) is 0 Å². The van der Waals surface area contributed by atoms with Crippen LogP contribution in [0.25, 0.3) is 11.3 Å². The van der Waals surface area contributed by atoms with E-state index < -0.39 is 11.6 Å². The molecule has 1 aromatic carbocycles. The van der Waals surface area contributed by atoms with Gasteiger partial charge in [0, 0.05) is 23.2 Å². The molecule has 0 atom stereocenters. The summed E-state index contributed by atoms with van der Waals surface area (Å²) in [7, 11) is 0. The zero-order valence-electron chi connectivity index (χ0n) is 10.6. The number of nitrogens with one attached hydrogen (secondary N) is 1. The Morgan fingerprint density at radius 2 is 1.95 bits per heavy atom. The number of aromatic nitrogens is 2. The van der Waals surface area contributed by atoms with Gasteiger partial charge in [-0.05, 0) is 24.3 Å². The summed E-state index contributed by atoms with van der Waals surface area (Å²) >= 11 is 1.33. The Balaban J connectivity index is 0.00000161. The van der Waals surface area contributed by atoms with Gasteiger partial charge in [0.15, 0.2) is 5.13 Å². The van der Waals surface area contributed by atoms with Crippen LogP contribution in [0.1, 0.15) is 0 Å². The summed E-state index contributed by atoms with van der Waals surface area (Å²) in [5.41, 5.74) is 0.739. The van der Waals surface area contributed by atoms with Crippen molar-refractivity contribution in [1.29, 1.82) is 0 Å². The fourth-order valence-electron chi connectivity index (χ4n) is 1.70. The highest BCUT2D eigenvalue weighted by atomic mass is 35.5. The average Bonchev–Trinajstić information content (AvgIpc) is 2.88. The van der Waals surface area contributed by atoms with E-state index in [1.165, 1.54) is 23.5 Å². The predicted molar refractivity (Wildman–Crippen MR) is 75.0 cm³/mol. The van der Waals surface area contributed by atoms with E-state index in [2.05, 4.69) is 15.3 Å². The van der Waals surface area contributed by atoms with Crippen LogP contribution in [0.2, 0.25) is 0 Å². The van der Waals surface area contributed by atoms with E-state index in [-0.39, 0.29) is 18.0 Å². The Labute approximate surface area is 130 Å². The van der Waals surface area contributed by atoms with Gasteiger partial charge in [0.05, 0.1) is 5.69 Å². The maximum atomic E-state index is 13.7. The van der Waals surface area contributed by atoms with Crippen LogP contribution >= 0.6 is 11.3 Å². The topological polar surface area (TPSA) is 37.8 Å². The standard InChI is InChI=1S/C14H9F2N3S.ClH/c15-9-4-5-10(11(16)7-9)12-8-20-14(18-12)19-13-3-1-2-6-17-13;/h1-8H,(H,17,18,19);1H/p-1. The predicted octanol–water partition coefficient (Wildman–Crippen LogP) is 1.23. The van der Waals surface area contributed by atoms with Crippen LogP contribution in [0.15, 0.2) is 48.0 Å². The molecule has 0 spiro atoms. The molecule has 108 valence electrons. The van der Waals surface area contributed by atoms with Crippen molar-refractivity contribution in [3.8, 4) is 11.3 Å². The molecule has 0 fully saturated rings. The minimum absolute atomic E-state index is 0. The second-order valence-electron chi connectivity index (χ2n) is 4.00. The molecule has 0 bridgehead atoms. The third kappa shape index (κ3) is 3.53. The fraction of sp³-hybridized carbons (Fsp3) is 0. The third-order valence-corrected chi connectivity index (χ3v) is 3.37. The number of anilines is 2. The number of halogens is 3. The summed E-state index contributed by atoms with van der Waals surface area (Å²) in [6, 6.07) is 8.91. The molecule has 0 saturated carbocycles. The normalized spacial score (nSPS) is 10.0. The highest BCUT2D eigenvalue weighted by molar-refractivity contribution is 7.14. The van der Waals surface area contributed by atoms with E-state index in [4.69, 9.17) is 0 Å². The molecule has 2 aromatic heterocycles. The van der Waals surface area contributed by atoms with Gasteiger partial charge in [0.25, 0.3) is 0 Å². The number of benzene rings is 1. The first-order valence-corrected chi connectivity index (χ1v) is 6.69. The molecule has 0 unspecified atom stereocenters. The lowest BCUT2D eigenvalue weighted by Crippen LogP contribution is -3.00. The first-order valence-electron chi connectivity index (χ1n) is 5.81. The number of pyridine rings is 1. The molecule has 3 nitrogen and oxygen atoms in total. The van der Waals surface area contributed by atoms with Gasteiger partial charge in [-0.25, -0.2) is 18.7 Å². The van der Waals surface area contributed by atoms with E-state index in [1.807, 2.05) is 12.1 Å². The minimum atomic E-state index is -0.625. The minimum Gasteiger partial charge on any atom is -1.00 e. The van der Waals surface area contributed by atoms with Crippen LogP contribution in [0.3, 0.4) is 0 Å².